The van der Waals surface area contributed by atoms with Gasteiger partial charge in [0.15, 0.2) is 0 Å². The summed E-state index contributed by atoms with van der Waals surface area (Å²) < 4.78 is 8.02. The highest BCUT2D eigenvalue weighted by atomic mass is 16.5. The largest absolute Gasteiger partial charge is 0.494 e. The van der Waals surface area contributed by atoms with Crippen molar-refractivity contribution in [3.8, 4) is 5.75 Å². The standard InChI is InChI=1S/C18H28N2O/c1-4-12-21-17-6-7-18-16(13-17)8-11-20(18)10-5-9-19-14-15(2)3/h6-8,11,13,15,19H,4-5,9-10,12,14H2,1-3H3. The average Bonchev–Trinajstić information content (AvgIpc) is 2.87. The number of fused-ring (bicyclic) bond motifs is 1. The van der Waals surface area contributed by atoms with Gasteiger partial charge in [0, 0.05) is 23.6 Å². The van der Waals surface area contributed by atoms with Crippen LogP contribution in [0.25, 0.3) is 10.9 Å². The number of rotatable bonds is 9. The minimum absolute atomic E-state index is 0.721. The van der Waals surface area contributed by atoms with Gasteiger partial charge in [-0.15, -0.1) is 0 Å². The third-order valence-corrected chi connectivity index (χ3v) is 3.52. The molecule has 2 aromatic rings. The SMILES string of the molecule is CCCOc1ccc2c(ccn2CCCNCC(C)C)c1. The molecule has 0 unspecified atom stereocenters. The molecule has 0 fully saturated rings. The van der Waals surface area contributed by atoms with E-state index in [9.17, 15) is 0 Å². The highest BCUT2D eigenvalue weighted by Gasteiger charge is 2.03. The van der Waals surface area contributed by atoms with Crippen LogP contribution in [-0.2, 0) is 6.54 Å². The zero-order valence-electron chi connectivity index (χ0n) is 13.6. The average molecular weight is 288 g/mol. The smallest absolute Gasteiger partial charge is 0.120 e. The molecular formula is C18H28N2O. The first-order valence-corrected chi connectivity index (χ1v) is 8.13. The molecule has 0 saturated carbocycles. The van der Waals surface area contributed by atoms with E-state index in [1.807, 2.05) is 0 Å². The fraction of sp³-hybridized carbons (Fsp3) is 0.556. The fourth-order valence-electron chi connectivity index (χ4n) is 2.45. The predicted molar refractivity (Wildman–Crippen MR) is 90.0 cm³/mol. The van der Waals surface area contributed by atoms with E-state index >= 15 is 0 Å². The predicted octanol–water partition coefficient (Wildman–Crippen LogP) is 4.07. The van der Waals surface area contributed by atoms with E-state index in [2.05, 4.69) is 61.1 Å². The van der Waals surface area contributed by atoms with Crippen LogP contribution in [0, 0.1) is 5.92 Å². The van der Waals surface area contributed by atoms with Crippen molar-refractivity contribution in [2.75, 3.05) is 19.7 Å². The summed E-state index contributed by atoms with van der Waals surface area (Å²) in [6.45, 7) is 10.6. The Hall–Kier alpha value is -1.48. The molecule has 0 spiro atoms. The second-order valence-corrected chi connectivity index (χ2v) is 6.03. The molecule has 3 heteroatoms. The second-order valence-electron chi connectivity index (χ2n) is 6.03. The molecule has 1 N–H and O–H groups in total. The Labute approximate surface area is 128 Å². The van der Waals surface area contributed by atoms with Gasteiger partial charge in [0.25, 0.3) is 0 Å². The van der Waals surface area contributed by atoms with E-state index in [1.54, 1.807) is 0 Å². The van der Waals surface area contributed by atoms with Crippen molar-refractivity contribution in [2.45, 2.75) is 40.2 Å². The number of hydrogen-bond donors (Lipinski definition) is 1. The van der Waals surface area contributed by atoms with E-state index in [-0.39, 0.29) is 0 Å². The summed E-state index contributed by atoms with van der Waals surface area (Å²) in [5, 5.41) is 4.76. The van der Waals surface area contributed by atoms with Gasteiger partial charge in [-0.3, -0.25) is 0 Å². The highest BCUT2D eigenvalue weighted by molar-refractivity contribution is 5.81. The van der Waals surface area contributed by atoms with Gasteiger partial charge in [0.1, 0.15) is 5.75 Å². The van der Waals surface area contributed by atoms with E-state index in [4.69, 9.17) is 4.74 Å². The number of ether oxygens (including phenoxy) is 1. The van der Waals surface area contributed by atoms with Gasteiger partial charge < -0.3 is 14.6 Å². The lowest BCUT2D eigenvalue weighted by Crippen LogP contribution is -2.21. The van der Waals surface area contributed by atoms with Crippen molar-refractivity contribution < 1.29 is 4.74 Å². The zero-order valence-corrected chi connectivity index (χ0v) is 13.6. The Morgan fingerprint density at radius 1 is 1.24 bits per heavy atom. The molecule has 3 nitrogen and oxygen atoms in total. The van der Waals surface area contributed by atoms with Gasteiger partial charge in [-0.05, 0) is 56.1 Å². The summed E-state index contributed by atoms with van der Waals surface area (Å²) in [7, 11) is 0. The minimum atomic E-state index is 0.721. The highest BCUT2D eigenvalue weighted by Crippen LogP contribution is 2.22. The molecule has 0 aliphatic rings. The Morgan fingerprint density at radius 3 is 2.86 bits per heavy atom. The summed E-state index contributed by atoms with van der Waals surface area (Å²) in [4.78, 5) is 0. The molecule has 0 amide bonds. The van der Waals surface area contributed by atoms with Crippen LogP contribution in [0.15, 0.2) is 30.5 Å². The van der Waals surface area contributed by atoms with Crippen LogP contribution in [0.5, 0.6) is 5.75 Å². The van der Waals surface area contributed by atoms with E-state index < -0.39 is 0 Å². The molecule has 2 rings (SSSR count). The Bertz CT molecular complexity index is 545. The summed E-state index contributed by atoms with van der Waals surface area (Å²) in [6, 6.07) is 8.56. The molecule has 0 bridgehead atoms. The van der Waals surface area contributed by atoms with Crippen LogP contribution in [0.2, 0.25) is 0 Å². The zero-order chi connectivity index (χ0) is 15.1. The van der Waals surface area contributed by atoms with Gasteiger partial charge in [0.05, 0.1) is 6.61 Å². The Morgan fingerprint density at radius 2 is 2.10 bits per heavy atom. The second kappa shape index (κ2) is 8.08. The first kappa shape index (κ1) is 15.9. The number of nitrogens with zero attached hydrogens (tertiary/aromatic N) is 1. The molecule has 1 aromatic heterocycles. The fourth-order valence-corrected chi connectivity index (χ4v) is 2.45. The molecule has 0 saturated heterocycles. The summed E-state index contributed by atoms with van der Waals surface area (Å²) in [6.07, 6.45) is 4.38. The van der Waals surface area contributed by atoms with Gasteiger partial charge in [-0.1, -0.05) is 20.8 Å². The lowest BCUT2D eigenvalue weighted by atomic mass is 10.2. The van der Waals surface area contributed by atoms with Crippen LogP contribution >= 0.6 is 0 Å². The van der Waals surface area contributed by atoms with Crippen molar-refractivity contribution in [3.63, 3.8) is 0 Å². The third-order valence-electron chi connectivity index (χ3n) is 3.52. The number of hydrogen-bond acceptors (Lipinski definition) is 2. The van der Waals surface area contributed by atoms with Gasteiger partial charge in [-0.2, -0.15) is 0 Å². The summed E-state index contributed by atoms with van der Waals surface area (Å²) in [5.74, 6) is 1.69. The molecular weight excluding hydrogens is 260 g/mol. The quantitative estimate of drug-likeness (QED) is 0.704. The Balaban J connectivity index is 1.89. The van der Waals surface area contributed by atoms with Crippen molar-refractivity contribution >= 4 is 10.9 Å². The molecule has 0 aliphatic heterocycles. The first-order valence-electron chi connectivity index (χ1n) is 8.13. The van der Waals surface area contributed by atoms with Crippen molar-refractivity contribution in [2.24, 2.45) is 5.92 Å². The normalized spacial score (nSPS) is 11.4. The molecule has 0 atom stereocenters. The van der Waals surface area contributed by atoms with Crippen LogP contribution in [0.3, 0.4) is 0 Å². The lowest BCUT2D eigenvalue weighted by Gasteiger charge is -2.09. The maximum absolute atomic E-state index is 5.69. The topological polar surface area (TPSA) is 26.2 Å². The maximum atomic E-state index is 5.69. The lowest BCUT2D eigenvalue weighted by molar-refractivity contribution is 0.318. The third kappa shape index (κ3) is 4.78. The number of nitrogens with one attached hydrogen (secondary N) is 1. The van der Waals surface area contributed by atoms with Crippen molar-refractivity contribution in [1.82, 2.24) is 9.88 Å². The van der Waals surface area contributed by atoms with Gasteiger partial charge in [0.2, 0.25) is 0 Å². The molecule has 21 heavy (non-hydrogen) atoms. The van der Waals surface area contributed by atoms with E-state index in [0.717, 1.165) is 50.8 Å². The maximum Gasteiger partial charge on any atom is 0.120 e. The molecule has 0 aliphatic carbocycles. The van der Waals surface area contributed by atoms with Crippen LogP contribution in [-0.4, -0.2) is 24.3 Å². The molecule has 1 heterocycles. The van der Waals surface area contributed by atoms with Gasteiger partial charge in [-0.25, -0.2) is 0 Å². The molecule has 0 radical (unpaired) electrons. The summed E-state index contributed by atoms with van der Waals surface area (Å²) in [5.41, 5.74) is 1.29. The monoisotopic (exact) mass is 288 g/mol. The van der Waals surface area contributed by atoms with Crippen molar-refractivity contribution in [3.05, 3.63) is 30.5 Å². The number of benzene rings is 1. The number of aryl methyl sites for hydroxylation is 1. The van der Waals surface area contributed by atoms with Crippen molar-refractivity contribution in [1.29, 1.82) is 0 Å². The Kier molecular flexibility index (Phi) is 6.12. The van der Waals surface area contributed by atoms with Crippen LogP contribution in [0.4, 0.5) is 0 Å². The van der Waals surface area contributed by atoms with E-state index in [0.29, 0.717) is 0 Å². The van der Waals surface area contributed by atoms with E-state index in [1.165, 1.54) is 10.9 Å². The summed E-state index contributed by atoms with van der Waals surface area (Å²) >= 11 is 0. The van der Waals surface area contributed by atoms with Crippen LogP contribution in [0.1, 0.15) is 33.6 Å². The minimum Gasteiger partial charge on any atom is -0.494 e. The molecule has 1 aromatic carbocycles. The van der Waals surface area contributed by atoms with Gasteiger partial charge >= 0.3 is 0 Å². The molecule has 116 valence electrons. The first-order chi connectivity index (χ1) is 10.2. The van der Waals surface area contributed by atoms with Crippen LogP contribution < -0.4 is 10.1 Å². The number of aromatic nitrogens is 1.